The van der Waals surface area contributed by atoms with Crippen LogP contribution in [-0.4, -0.2) is 20.0 Å². The zero-order chi connectivity index (χ0) is 15.4. The number of benzene rings is 2. The monoisotopic (exact) mass is 352 g/mol. The van der Waals surface area contributed by atoms with E-state index in [1.165, 1.54) is 26.4 Å². The standard InChI is InChI=1S/C16H14BrFO3/c1-20-14-7-6-12(16(21-2)15(14)17)13(19)9-10-4-3-5-11(18)8-10/h3-8H,9H2,1-2H3. The van der Waals surface area contributed by atoms with Gasteiger partial charge in [-0.3, -0.25) is 4.79 Å². The Labute approximate surface area is 130 Å². The highest BCUT2D eigenvalue weighted by Gasteiger charge is 2.18. The Morgan fingerprint density at radius 2 is 1.95 bits per heavy atom. The molecule has 0 heterocycles. The number of carbonyl (C=O) groups is 1. The highest BCUT2D eigenvalue weighted by molar-refractivity contribution is 9.10. The van der Waals surface area contributed by atoms with E-state index in [1.807, 2.05) is 0 Å². The zero-order valence-corrected chi connectivity index (χ0v) is 13.2. The number of ether oxygens (including phenoxy) is 2. The normalized spacial score (nSPS) is 10.3. The smallest absolute Gasteiger partial charge is 0.171 e. The van der Waals surface area contributed by atoms with Crippen molar-refractivity contribution in [2.24, 2.45) is 0 Å². The van der Waals surface area contributed by atoms with Crippen LogP contribution in [0.5, 0.6) is 11.5 Å². The van der Waals surface area contributed by atoms with Crippen molar-refractivity contribution in [3.05, 3.63) is 57.8 Å². The largest absolute Gasteiger partial charge is 0.495 e. The summed E-state index contributed by atoms with van der Waals surface area (Å²) in [5.41, 5.74) is 1.04. The molecule has 2 aromatic rings. The molecule has 0 bridgehead atoms. The Balaban J connectivity index is 2.33. The summed E-state index contributed by atoms with van der Waals surface area (Å²) in [5, 5.41) is 0. The molecule has 0 unspecified atom stereocenters. The predicted octanol–water partition coefficient (Wildman–Crippen LogP) is 4.03. The third kappa shape index (κ3) is 3.42. The predicted molar refractivity (Wildman–Crippen MR) is 81.7 cm³/mol. The number of methoxy groups -OCH3 is 2. The fourth-order valence-corrected chi connectivity index (χ4v) is 2.71. The summed E-state index contributed by atoms with van der Waals surface area (Å²) in [7, 11) is 3.02. The van der Waals surface area contributed by atoms with Crippen molar-refractivity contribution in [3.8, 4) is 11.5 Å². The zero-order valence-electron chi connectivity index (χ0n) is 11.7. The van der Waals surface area contributed by atoms with E-state index in [0.717, 1.165) is 0 Å². The van der Waals surface area contributed by atoms with Crippen LogP contribution >= 0.6 is 15.9 Å². The third-order valence-electron chi connectivity index (χ3n) is 3.04. The van der Waals surface area contributed by atoms with E-state index in [-0.39, 0.29) is 18.0 Å². The van der Waals surface area contributed by atoms with E-state index in [2.05, 4.69) is 15.9 Å². The molecular weight excluding hydrogens is 339 g/mol. The lowest BCUT2D eigenvalue weighted by Gasteiger charge is -2.12. The molecule has 0 spiro atoms. The fourth-order valence-electron chi connectivity index (χ4n) is 2.04. The Morgan fingerprint density at radius 1 is 1.19 bits per heavy atom. The van der Waals surface area contributed by atoms with E-state index < -0.39 is 0 Å². The molecule has 0 aliphatic carbocycles. The van der Waals surface area contributed by atoms with Gasteiger partial charge in [-0.05, 0) is 45.8 Å². The molecule has 2 rings (SSSR count). The number of ketones is 1. The first-order chi connectivity index (χ1) is 10.1. The average Bonchev–Trinajstić information content (AvgIpc) is 2.46. The summed E-state index contributed by atoms with van der Waals surface area (Å²) in [5.74, 6) is 0.480. The average molecular weight is 353 g/mol. The Morgan fingerprint density at radius 3 is 2.57 bits per heavy atom. The number of carbonyl (C=O) groups excluding carboxylic acids is 1. The van der Waals surface area contributed by atoms with Crippen LogP contribution in [0.4, 0.5) is 4.39 Å². The number of halogens is 2. The minimum Gasteiger partial charge on any atom is -0.495 e. The first kappa shape index (κ1) is 15.5. The van der Waals surface area contributed by atoms with Crippen molar-refractivity contribution in [1.82, 2.24) is 0 Å². The van der Waals surface area contributed by atoms with Crippen LogP contribution in [0.15, 0.2) is 40.9 Å². The highest BCUT2D eigenvalue weighted by Crippen LogP contribution is 2.37. The molecule has 0 aliphatic rings. The molecule has 110 valence electrons. The van der Waals surface area contributed by atoms with E-state index >= 15 is 0 Å². The van der Waals surface area contributed by atoms with Gasteiger partial charge >= 0.3 is 0 Å². The van der Waals surface area contributed by atoms with Gasteiger partial charge < -0.3 is 9.47 Å². The molecule has 0 saturated carbocycles. The molecule has 0 aromatic heterocycles. The number of hydrogen-bond donors (Lipinski definition) is 0. The first-order valence-corrected chi connectivity index (χ1v) is 7.04. The lowest BCUT2D eigenvalue weighted by atomic mass is 10.0. The maximum atomic E-state index is 13.2. The third-order valence-corrected chi connectivity index (χ3v) is 3.79. The van der Waals surface area contributed by atoms with E-state index in [0.29, 0.717) is 27.1 Å². The van der Waals surface area contributed by atoms with Crippen LogP contribution in [0, 0.1) is 5.82 Å². The van der Waals surface area contributed by atoms with Gasteiger partial charge in [0.15, 0.2) is 5.78 Å². The second kappa shape index (κ2) is 6.72. The molecule has 5 heteroatoms. The molecule has 0 saturated heterocycles. The summed E-state index contributed by atoms with van der Waals surface area (Å²) in [4.78, 5) is 12.4. The minimum absolute atomic E-state index is 0.104. The summed E-state index contributed by atoms with van der Waals surface area (Å²) < 4.78 is 24.2. The van der Waals surface area contributed by atoms with Crippen molar-refractivity contribution >= 4 is 21.7 Å². The van der Waals surface area contributed by atoms with Gasteiger partial charge in [-0.15, -0.1) is 0 Å². The Bertz CT molecular complexity index is 671. The molecule has 0 amide bonds. The van der Waals surface area contributed by atoms with Gasteiger partial charge in [-0.25, -0.2) is 4.39 Å². The van der Waals surface area contributed by atoms with Crippen molar-refractivity contribution in [2.45, 2.75) is 6.42 Å². The SMILES string of the molecule is COc1ccc(C(=O)Cc2cccc(F)c2)c(OC)c1Br. The van der Waals surface area contributed by atoms with Crippen LogP contribution in [0.3, 0.4) is 0 Å². The van der Waals surface area contributed by atoms with Crippen LogP contribution < -0.4 is 9.47 Å². The van der Waals surface area contributed by atoms with Gasteiger partial charge in [0, 0.05) is 6.42 Å². The van der Waals surface area contributed by atoms with Crippen LogP contribution in [0.1, 0.15) is 15.9 Å². The molecule has 2 aromatic carbocycles. The number of Topliss-reactive ketones (excluding diaryl/α,β-unsaturated/α-hetero) is 1. The quantitative estimate of drug-likeness (QED) is 0.762. The van der Waals surface area contributed by atoms with Gasteiger partial charge in [-0.1, -0.05) is 12.1 Å². The lowest BCUT2D eigenvalue weighted by Crippen LogP contribution is -2.07. The van der Waals surface area contributed by atoms with E-state index in [4.69, 9.17) is 9.47 Å². The topological polar surface area (TPSA) is 35.5 Å². The molecule has 0 aliphatic heterocycles. The van der Waals surface area contributed by atoms with Crippen molar-refractivity contribution in [2.75, 3.05) is 14.2 Å². The number of rotatable bonds is 5. The van der Waals surface area contributed by atoms with Gasteiger partial charge in [0.05, 0.1) is 19.8 Å². The minimum atomic E-state index is -0.358. The van der Waals surface area contributed by atoms with Gasteiger partial charge in [0.2, 0.25) is 0 Å². The molecule has 21 heavy (non-hydrogen) atoms. The van der Waals surface area contributed by atoms with Gasteiger partial charge in [0.1, 0.15) is 21.8 Å². The molecule has 3 nitrogen and oxygen atoms in total. The fraction of sp³-hybridized carbons (Fsp3) is 0.188. The molecule has 0 atom stereocenters. The van der Waals surface area contributed by atoms with Crippen LogP contribution in [-0.2, 0) is 6.42 Å². The maximum absolute atomic E-state index is 13.2. The van der Waals surface area contributed by atoms with Gasteiger partial charge in [0.25, 0.3) is 0 Å². The summed E-state index contributed by atoms with van der Waals surface area (Å²) in [6.07, 6.45) is 0.104. The van der Waals surface area contributed by atoms with Crippen molar-refractivity contribution < 1.29 is 18.7 Å². The first-order valence-electron chi connectivity index (χ1n) is 6.25. The van der Waals surface area contributed by atoms with Crippen molar-refractivity contribution in [3.63, 3.8) is 0 Å². The van der Waals surface area contributed by atoms with E-state index in [1.54, 1.807) is 24.3 Å². The molecule has 0 N–H and O–H groups in total. The molecule has 0 radical (unpaired) electrons. The second-order valence-corrected chi connectivity index (χ2v) is 5.19. The molecular formula is C16H14BrFO3. The summed E-state index contributed by atoms with van der Waals surface area (Å²) in [6.45, 7) is 0. The van der Waals surface area contributed by atoms with Crippen LogP contribution in [0.25, 0.3) is 0 Å². The highest BCUT2D eigenvalue weighted by atomic mass is 79.9. The second-order valence-electron chi connectivity index (χ2n) is 4.39. The Hall–Kier alpha value is -1.88. The summed E-state index contributed by atoms with van der Waals surface area (Å²) >= 11 is 3.36. The Kier molecular flexibility index (Phi) is 4.96. The lowest BCUT2D eigenvalue weighted by molar-refractivity contribution is 0.0990. The molecule has 0 fully saturated rings. The number of hydrogen-bond acceptors (Lipinski definition) is 3. The van der Waals surface area contributed by atoms with Gasteiger partial charge in [-0.2, -0.15) is 0 Å². The maximum Gasteiger partial charge on any atom is 0.171 e. The van der Waals surface area contributed by atoms with Crippen LogP contribution in [0.2, 0.25) is 0 Å². The summed E-state index contributed by atoms with van der Waals surface area (Å²) in [6, 6.07) is 9.32. The van der Waals surface area contributed by atoms with E-state index in [9.17, 15) is 9.18 Å². The van der Waals surface area contributed by atoms with Crippen molar-refractivity contribution in [1.29, 1.82) is 0 Å².